The molecule has 198 valence electrons. The summed E-state index contributed by atoms with van der Waals surface area (Å²) in [7, 11) is 0. The lowest BCUT2D eigenvalue weighted by atomic mass is 9.78. The van der Waals surface area contributed by atoms with Gasteiger partial charge in [-0.1, -0.05) is 31.2 Å². The maximum Gasteiger partial charge on any atom is 0.311 e. The van der Waals surface area contributed by atoms with Crippen molar-refractivity contribution in [1.82, 2.24) is 4.90 Å². The van der Waals surface area contributed by atoms with Crippen LogP contribution in [0.4, 0.5) is 11.4 Å². The van der Waals surface area contributed by atoms with Crippen LogP contribution in [0.1, 0.15) is 27.2 Å². The summed E-state index contributed by atoms with van der Waals surface area (Å²) in [6.07, 6.45) is 8.19. The molecule has 2 saturated heterocycles. The first-order valence-electron chi connectivity index (χ1n) is 13.2. The Kier molecular flexibility index (Phi) is 7.11. The fraction of sp³-hybridized carbons (Fsp3) is 0.536. The molecule has 2 amide bonds. The summed E-state index contributed by atoms with van der Waals surface area (Å²) in [6.45, 7) is 8.19. The van der Waals surface area contributed by atoms with Crippen LogP contribution in [0, 0.1) is 11.8 Å². The number of thioether (sulfide) groups is 1. The van der Waals surface area contributed by atoms with E-state index in [0.717, 1.165) is 24.5 Å². The lowest BCUT2D eigenvalue weighted by Gasteiger charge is -2.38. The lowest BCUT2D eigenvalue weighted by Crippen LogP contribution is -2.56. The lowest BCUT2D eigenvalue weighted by molar-refractivity contribution is -0.152. The number of ether oxygens (including phenoxy) is 1. The fourth-order valence-electron chi connectivity index (χ4n) is 6.38. The number of fused-ring (bicyclic) bond motifs is 2. The number of nitrogens with zero attached hydrogens (tertiary/aromatic N) is 3. The van der Waals surface area contributed by atoms with Gasteiger partial charge in [0.05, 0.1) is 29.2 Å². The van der Waals surface area contributed by atoms with Gasteiger partial charge in [0.25, 0.3) is 5.91 Å². The first kappa shape index (κ1) is 25.9. The van der Waals surface area contributed by atoms with Crippen molar-refractivity contribution in [2.45, 2.75) is 49.3 Å². The molecule has 5 rings (SSSR count). The van der Waals surface area contributed by atoms with Crippen molar-refractivity contribution in [3.05, 3.63) is 48.6 Å². The Bertz CT molecular complexity index is 1110. The monoisotopic (exact) mass is 525 g/mol. The Labute approximate surface area is 222 Å². The first-order chi connectivity index (χ1) is 17.9. The van der Waals surface area contributed by atoms with E-state index < -0.39 is 34.6 Å². The number of cyclic esters (lactones) is 1. The van der Waals surface area contributed by atoms with Crippen molar-refractivity contribution < 1.29 is 24.2 Å². The summed E-state index contributed by atoms with van der Waals surface area (Å²) < 4.78 is 4.50. The van der Waals surface area contributed by atoms with Crippen molar-refractivity contribution in [2.75, 3.05) is 42.6 Å². The molecule has 1 N–H and O–H groups in total. The summed E-state index contributed by atoms with van der Waals surface area (Å²) in [5, 5.41) is 9.95. The Morgan fingerprint density at radius 2 is 1.84 bits per heavy atom. The van der Waals surface area contributed by atoms with Gasteiger partial charge >= 0.3 is 5.97 Å². The molecule has 0 aromatic heterocycles. The van der Waals surface area contributed by atoms with Crippen LogP contribution in [0.25, 0.3) is 0 Å². The molecule has 1 aromatic rings. The highest BCUT2D eigenvalue weighted by Gasteiger charge is 2.71. The summed E-state index contributed by atoms with van der Waals surface area (Å²) in [5.41, 5.74) is 1.84. The summed E-state index contributed by atoms with van der Waals surface area (Å²) in [6, 6.07) is 6.59. The molecule has 4 aliphatic rings. The molecule has 1 unspecified atom stereocenters. The topological polar surface area (TPSA) is 90.4 Å². The number of hydrogen-bond donors (Lipinski definition) is 1. The van der Waals surface area contributed by atoms with E-state index >= 15 is 0 Å². The van der Waals surface area contributed by atoms with E-state index in [0.29, 0.717) is 13.0 Å². The minimum atomic E-state index is -0.914. The molecule has 4 aliphatic heterocycles. The molecule has 1 spiro atoms. The quantitative estimate of drug-likeness (QED) is 0.432. The molecule has 0 radical (unpaired) electrons. The van der Waals surface area contributed by atoms with Gasteiger partial charge in [0.15, 0.2) is 0 Å². The smallest absolute Gasteiger partial charge is 0.311 e. The SMILES string of the molecule is CC[C@@H](CO)N1C(=O)[C@@H]2[C@H]3C(=O)OCC=C[C@H]3S[C@@]23C=CCN(c2ccc(N(CC)CC)cc2)C(=O)C13. The maximum atomic E-state index is 14.4. The zero-order valence-electron chi connectivity index (χ0n) is 21.6. The number of anilines is 2. The van der Waals surface area contributed by atoms with Gasteiger partial charge < -0.3 is 24.5 Å². The Morgan fingerprint density at radius 3 is 2.49 bits per heavy atom. The van der Waals surface area contributed by atoms with Gasteiger partial charge in [0, 0.05) is 36.3 Å². The third kappa shape index (κ3) is 3.98. The average molecular weight is 526 g/mol. The molecule has 0 saturated carbocycles. The Morgan fingerprint density at radius 1 is 1.11 bits per heavy atom. The highest BCUT2D eigenvalue weighted by atomic mass is 32.2. The second-order valence-electron chi connectivity index (χ2n) is 9.93. The molecule has 8 nitrogen and oxygen atoms in total. The van der Waals surface area contributed by atoms with Crippen molar-refractivity contribution in [3.8, 4) is 0 Å². The van der Waals surface area contributed by atoms with Crippen LogP contribution < -0.4 is 9.80 Å². The number of likely N-dealkylation sites (tertiary alicyclic amines) is 1. The fourth-order valence-corrected chi connectivity index (χ4v) is 8.37. The number of aliphatic hydroxyl groups is 1. The molecule has 4 heterocycles. The molecule has 1 aromatic carbocycles. The van der Waals surface area contributed by atoms with Crippen LogP contribution in [0.2, 0.25) is 0 Å². The molecular formula is C28H35N3O5S. The van der Waals surface area contributed by atoms with Gasteiger partial charge in [-0.3, -0.25) is 14.4 Å². The number of esters is 1. The third-order valence-corrected chi connectivity index (χ3v) is 9.96. The number of hydrogen-bond acceptors (Lipinski definition) is 7. The average Bonchev–Trinajstić information content (AvgIpc) is 3.21. The number of carbonyl (C=O) groups excluding carboxylic acids is 3. The summed E-state index contributed by atoms with van der Waals surface area (Å²) in [5.74, 6) is -2.24. The van der Waals surface area contributed by atoms with Crippen LogP contribution in [-0.4, -0.2) is 82.7 Å². The van der Waals surface area contributed by atoms with E-state index in [9.17, 15) is 19.5 Å². The van der Waals surface area contributed by atoms with Gasteiger partial charge in [-0.2, -0.15) is 0 Å². The zero-order chi connectivity index (χ0) is 26.3. The van der Waals surface area contributed by atoms with Crippen LogP contribution in [0.5, 0.6) is 0 Å². The van der Waals surface area contributed by atoms with Gasteiger partial charge in [0.1, 0.15) is 12.6 Å². The van der Waals surface area contributed by atoms with E-state index in [2.05, 4.69) is 18.7 Å². The summed E-state index contributed by atoms with van der Waals surface area (Å²) >= 11 is 1.51. The predicted octanol–water partition coefficient (Wildman–Crippen LogP) is 2.62. The van der Waals surface area contributed by atoms with Crippen LogP contribution in [0.15, 0.2) is 48.6 Å². The van der Waals surface area contributed by atoms with Gasteiger partial charge in [-0.15, -0.1) is 11.8 Å². The van der Waals surface area contributed by atoms with Crippen LogP contribution in [0.3, 0.4) is 0 Å². The Hall–Kier alpha value is -2.78. The van der Waals surface area contributed by atoms with E-state index in [4.69, 9.17) is 4.74 Å². The molecule has 9 heteroatoms. The summed E-state index contributed by atoms with van der Waals surface area (Å²) in [4.78, 5) is 47.0. The molecule has 37 heavy (non-hydrogen) atoms. The minimum absolute atomic E-state index is 0.188. The molecular weight excluding hydrogens is 490 g/mol. The van der Waals surface area contributed by atoms with Crippen molar-refractivity contribution in [3.63, 3.8) is 0 Å². The van der Waals surface area contributed by atoms with Gasteiger partial charge in [-0.25, -0.2) is 0 Å². The molecule has 2 fully saturated rings. The van der Waals surface area contributed by atoms with E-state index in [1.165, 1.54) is 11.8 Å². The first-order valence-corrected chi connectivity index (χ1v) is 14.1. The van der Waals surface area contributed by atoms with Crippen molar-refractivity contribution in [1.29, 1.82) is 0 Å². The normalized spacial score (nSPS) is 31.4. The molecule has 6 atom stereocenters. The number of aliphatic hydroxyl groups excluding tert-OH is 1. The number of benzene rings is 1. The van der Waals surface area contributed by atoms with E-state index in [1.54, 1.807) is 9.80 Å². The Balaban J connectivity index is 1.57. The maximum absolute atomic E-state index is 14.4. The number of amides is 2. The highest BCUT2D eigenvalue weighted by molar-refractivity contribution is 8.02. The zero-order valence-corrected chi connectivity index (χ0v) is 22.4. The van der Waals surface area contributed by atoms with Crippen LogP contribution >= 0.6 is 11.8 Å². The predicted molar refractivity (Wildman–Crippen MR) is 144 cm³/mol. The van der Waals surface area contributed by atoms with Gasteiger partial charge in [-0.05, 0) is 44.5 Å². The van der Waals surface area contributed by atoms with E-state index in [1.807, 2.05) is 55.5 Å². The minimum Gasteiger partial charge on any atom is -0.461 e. The second-order valence-corrected chi connectivity index (χ2v) is 11.4. The molecule has 0 bridgehead atoms. The number of rotatable bonds is 7. The van der Waals surface area contributed by atoms with Crippen molar-refractivity contribution >= 4 is 40.9 Å². The molecule has 0 aliphatic carbocycles. The standard InChI is InChI=1S/C28H35N3O5S/c1-4-18(17-32)31-24-26(34)30(20-12-10-19(11-13-20)29(5-2)6-3)15-8-14-28(24)23(25(31)33)22-21(37-28)9-7-16-36-27(22)35/h7-14,18,21-24,32H,4-6,15-17H2,1-3H3/t18-,21+,22-,23-,24?,28-/m0/s1. The second kappa shape index (κ2) is 10.2. The number of carbonyl (C=O) groups is 3. The third-order valence-electron chi connectivity index (χ3n) is 8.22. The van der Waals surface area contributed by atoms with E-state index in [-0.39, 0.29) is 30.3 Å². The largest absolute Gasteiger partial charge is 0.461 e. The van der Waals surface area contributed by atoms with Crippen LogP contribution in [-0.2, 0) is 19.1 Å². The van der Waals surface area contributed by atoms with Crippen molar-refractivity contribution in [2.24, 2.45) is 11.8 Å². The highest BCUT2D eigenvalue weighted by Crippen LogP contribution is 2.61. The van der Waals surface area contributed by atoms with Gasteiger partial charge in [0.2, 0.25) is 5.91 Å².